The van der Waals surface area contributed by atoms with Crippen molar-refractivity contribution >= 4 is 19.3 Å². The van der Waals surface area contributed by atoms with Crippen LogP contribution in [0, 0.1) is 5.92 Å². The number of hydrogen-bond acceptors (Lipinski definition) is 6. The molecule has 0 aromatic rings. The zero-order valence-corrected chi connectivity index (χ0v) is 12.5. The molecule has 1 aliphatic rings. The molecule has 0 heterocycles. The molecule has 1 aliphatic carbocycles. The Balaban J connectivity index is 3.00. The van der Waals surface area contributed by atoms with Crippen LogP contribution in [0.2, 0.25) is 0 Å². The fourth-order valence-corrected chi connectivity index (χ4v) is 3.71. The third kappa shape index (κ3) is 4.13. The van der Waals surface area contributed by atoms with Crippen LogP contribution in [0.15, 0.2) is 0 Å². The summed E-state index contributed by atoms with van der Waals surface area (Å²) < 4.78 is 27.7. The number of esters is 1. The van der Waals surface area contributed by atoms with E-state index in [-0.39, 0.29) is 31.5 Å². The van der Waals surface area contributed by atoms with E-state index in [1.807, 2.05) is 0 Å². The minimum Gasteiger partial charge on any atom is -0.465 e. The Labute approximate surface area is 113 Å². The highest BCUT2D eigenvalue weighted by Crippen LogP contribution is 2.55. The van der Waals surface area contributed by atoms with Gasteiger partial charge < -0.3 is 13.8 Å². The van der Waals surface area contributed by atoms with Crippen LogP contribution in [0.5, 0.6) is 0 Å². The van der Waals surface area contributed by atoms with Gasteiger partial charge in [0.2, 0.25) is 5.66 Å². The van der Waals surface area contributed by atoms with E-state index in [1.165, 1.54) is 0 Å². The maximum atomic E-state index is 12.6. The van der Waals surface area contributed by atoms with E-state index in [2.05, 4.69) is 0 Å². The molecule has 0 bridgehead atoms. The molecule has 0 amide bonds. The summed E-state index contributed by atoms with van der Waals surface area (Å²) in [6, 6.07) is 0. The smallest absolute Gasteiger partial charge is 0.352 e. The van der Waals surface area contributed by atoms with Crippen molar-refractivity contribution in [3.05, 3.63) is 0 Å². The summed E-state index contributed by atoms with van der Waals surface area (Å²) in [5.41, 5.74) is -1.44. The molecule has 1 atom stereocenters. The van der Waals surface area contributed by atoms with Crippen molar-refractivity contribution < 1.29 is 27.9 Å². The van der Waals surface area contributed by atoms with Gasteiger partial charge in [0.15, 0.2) is 5.78 Å². The van der Waals surface area contributed by atoms with Crippen molar-refractivity contribution in [2.24, 2.45) is 5.92 Å². The summed E-state index contributed by atoms with van der Waals surface area (Å²) in [7, 11) is -3.81. The molecule has 1 unspecified atom stereocenters. The monoisotopic (exact) mass is 292 g/mol. The van der Waals surface area contributed by atoms with Gasteiger partial charge in [-0.05, 0) is 33.6 Å². The van der Waals surface area contributed by atoms with E-state index in [0.29, 0.717) is 12.8 Å². The molecule has 19 heavy (non-hydrogen) atoms. The Morgan fingerprint density at radius 1 is 1.11 bits per heavy atom. The fraction of sp³-hybridized carbons (Fsp3) is 0.833. The van der Waals surface area contributed by atoms with Crippen molar-refractivity contribution in [1.29, 1.82) is 0 Å². The Kier molecular flexibility index (Phi) is 6.17. The first kappa shape index (κ1) is 16.3. The summed E-state index contributed by atoms with van der Waals surface area (Å²) in [4.78, 5) is 24.1. The summed E-state index contributed by atoms with van der Waals surface area (Å²) in [6.45, 7) is 5.22. The van der Waals surface area contributed by atoms with Crippen molar-refractivity contribution in [2.45, 2.75) is 39.3 Å². The minimum absolute atomic E-state index is 0.102. The predicted octanol–water partition coefficient (Wildman–Crippen LogP) is 2.16. The van der Waals surface area contributed by atoms with Gasteiger partial charge in [-0.2, -0.15) is 0 Å². The van der Waals surface area contributed by atoms with Crippen LogP contribution >= 0.6 is 7.60 Å². The summed E-state index contributed by atoms with van der Waals surface area (Å²) >= 11 is 0. The third-order valence-electron chi connectivity index (χ3n) is 2.69. The molecule has 0 radical (unpaired) electrons. The highest BCUT2D eigenvalue weighted by atomic mass is 31.2. The Morgan fingerprint density at radius 2 is 1.63 bits per heavy atom. The largest absolute Gasteiger partial charge is 0.465 e. The van der Waals surface area contributed by atoms with Crippen LogP contribution in [0.25, 0.3) is 0 Å². The zero-order valence-electron chi connectivity index (χ0n) is 11.6. The molecule has 0 aliphatic heterocycles. The van der Waals surface area contributed by atoms with E-state index in [0.717, 1.165) is 0 Å². The molecule has 1 saturated carbocycles. The van der Waals surface area contributed by atoms with Gasteiger partial charge >= 0.3 is 13.6 Å². The maximum Gasteiger partial charge on any atom is 0.352 e. The molecular weight excluding hydrogens is 271 g/mol. The first-order valence-corrected chi connectivity index (χ1v) is 8.20. The van der Waals surface area contributed by atoms with Gasteiger partial charge in [0.1, 0.15) is 0 Å². The molecule has 0 spiro atoms. The number of carbonyl (C=O) groups is 2. The molecule has 6 nitrogen and oxygen atoms in total. The Morgan fingerprint density at radius 3 is 2.00 bits per heavy atom. The Hall–Kier alpha value is -0.710. The molecule has 0 aromatic carbocycles. The molecule has 1 fully saturated rings. The van der Waals surface area contributed by atoms with Crippen molar-refractivity contribution in [3.8, 4) is 0 Å². The van der Waals surface area contributed by atoms with Gasteiger partial charge in [-0.15, -0.1) is 0 Å². The molecule has 0 saturated heterocycles. The van der Waals surface area contributed by atoms with Gasteiger partial charge in [-0.25, -0.2) is 0 Å². The first-order valence-electron chi connectivity index (χ1n) is 6.59. The van der Waals surface area contributed by atoms with E-state index in [4.69, 9.17) is 13.8 Å². The highest BCUT2D eigenvalue weighted by Gasteiger charge is 2.51. The molecule has 0 aromatic heterocycles. The third-order valence-corrected chi connectivity index (χ3v) is 5.03. The van der Waals surface area contributed by atoms with Gasteiger partial charge in [-0.1, -0.05) is 0 Å². The highest BCUT2D eigenvalue weighted by molar-refractivity contribution is 7.57. The number of carbonyl (C=O) groups excluding carboxylic acids is 2. The van der Waals surface area contributed by atoms with Gasteiger partial charge in [-0.3, -0.25) is 14.2 Å². The zero-order chi connectivity index (χ0) is 14.5. The van der Waals surface area contributed by atoms with Crippen molar-refractivity contribution in [2.75, 3.05) is 19.8 Å². The van der Waals surface area contributed by atoms with Crippen LogP contribution < -0.4 is 0 Å². The average molecular weight is 292 g/mol. The summed E-state index contributed by atoms with van der Waals surface area (Å²) in [6.07, 6.45) is 1.43. The molecule has 0 N–H and O–H groups in total. The summed E-state index contributed by atoms with van der Waals surface area (Å²) in [5.74, 6) is -1.42. The maximum absolute atomic E-state index is 12.6. The van der Waals surface area contributed by atoms with Crippen LogP contribution in [-0.2, 0) is 27.9 Å². The topological polar surface area (TPSA) is 78.9 Å². The van der Waals surface area contributed by atoms with Crippen LogP contribution in [-0.4, -0.2) is 37.2 Å². The first-order chi connectivity index (χ1) is 9.00. The lowest BCUT2D eigenvalue weighted by molar-refractivity contribution is -0.145. The normalized spacial score (nSPS) is 17.0. The van der Waals surface area contributed by atoms with Crippen LogP contribution in [0.1, 0.15) is 33.6 Å². The minimum atomic E-state index is -3.81. The Bertz CT molecular complexity index is 366. The van der Waals surface area contributed by atoms with Gasteiger partial charge in [0.05, 0.1) is 19.8 Å². The molecular formula is C12H21O6P. The van der Waals surface area contributed by atoms with Crippen LogP contribution in [0.3, 0.4) is 0 Å². The lowest BCUT2D eigenvalue weighted by atomic mass is 10.2. The second kappa shape index (κ2) is 7.17. The lowest BCUT2D eigenvalue weighted by Gasteiger charge is -2.23. The predicted molar refractivity (Wildman–Crippen MR) is 69.0 cm³/mol. The lowest BCUT2D eigenvalue weighted by Crippen LogP contribution is -2.34. The van der Waals surface area contributed by atoms with E-state index >= 15 is 0 Å². The molecule has 1 rings (SSSR count). The molecule has 7 heteroatoms. The van der Waals surface area contributed by atoms with E-state index < -0.39 is 19.2 Å². The van der Waals surface area contributed by atoms with E-state index in [1.54, 1.807) is 20.8 Å². The van der Waals surface area contributed by atoms with E-state index in [9.17, 15) is 14.2 Å². The number of ether oxygens (including phenoxy) is 1. The van der Waals surface area contributed by atoms with Crippen molar-refractivity contribution in [1.82, 2.24) is 0 Å². The standard InChI is InChI=1S/C12H21O6P/c1-4-16-12(14)11(10(13)9-7-8-9)19(15,17-5-2)18-6-3/h9,11H,4-8H2,1-3H3. The fourth-order valence-electron chi connectivity index (χ4n) is 1.76. The number of hydrogen-bond donors (Lipinski definition) is 0. The quantitative estimate of drug-likeness (QED) is 0.368. The second-order valence-electron chi connectivity index (χ2n) is 4.21. The summed E-state index contributed by atoms with van der Waals surface area (Å²) in [5, 5.41) is 0. The SMILES string of the molecule is CCOC(=O)C(C(=O)C1CC1)P(=O)(OCC)OCC. The van der Waals surface area contributed by atoms with Crippen molar-refractivity contribution in [3.63, 3.8) is 0 Å². The van der Waals surface area contributed by atoms with Gasteiger partial charge in [0, 0.05) is 5.92 Å². The second-order valence-corrected chi connectivity index (χ2v) is 6.32. The number of Topliss-reactive ketones (excluding diaryl/α,β-unsaturated/α-hetero) is 1. The van der Waals surface area contributed by atoms with Crippen LogP contribution in [0.4, 0.5) is 0 Å². The van der Waals surface area contributed by atoms with Gasteiger partial charge in [0.25, 0.3) is 0 Å². The number of ketones is 1. The average Bonchev–Trinajstić information content (AvgIpc) is 3.13. The molecule has 110 valence electrons. The number of rotatable bonds is 9.